The summed E-state index contributed by atoms with van der Waals surface area (Å²) in [5.41, 5.74) is 8.84. The molecule has 1 aliphatic rings. The van der Waals surface area contributed by atoms with Crippen molar-refractivity contribution in [2.24, 2.45) is 0 Å². The highest BCUT2D eigenvalue weighted by atomic mass is 16.5. The van der Waals surface area contributed by atoms with Crippen molar-refractivity contribution >= 4 is 0 Å². The Morgan fingerprint density at radius 1 is 0.478 bits per heavy atom. The Kier molecular flexibility index (Phi) is 6.70. The fourth-order valence-electron chi connectivity index (χ4n) is 6.55. The molecule has 6 aromatic carbocycles. The van der Waals surface area contributed by atoms with Gasteiger partial charge >= 0.3 is 0 Å². The average molecular weight is 590 g/mol. The SMILES string of the molecule is N#Cc1ccc(-c2cc(-c3ccccc3)nc(-c3ccc4c(c3)Oc3ccccc3C4(c3ccccc3)c3ccccc3)n2)cc1. The Bertz CT molecular complexity index is 2180. The molecule has 0 unspecified atom stereocenters. The van der Waals surface area contributed by atoms with E-state index in [0.29, 0.717) is 11.4 Å². The van der Waals surface area contributed by atoms with Crippen molar-refractivity contribution in [1.29, 1.82) is 5.26 Å². The maximum Gasteiger partial charge on any atom is 0.160 e. The Hall–Kier alpha value is -6.31. The van der Waals surface area contributed by atoms with Crippen molar-refractivity contribution in [2.45, 2.75) is 5.41 Å². The minimum atomic E-state index is -0.592. The van der Waals surface area contributed by atoms with Gasteiger partial charge in [-0.25, -0.2) is 9.97 Å². The number of nitriles is 1. The van der Waals surface area contributed by atoms with Crippen molar-refractivity contribution in [2.75, 3.05) is 0 Å². The van der Waals surface area contributed by atoms with E-state index < -0.39 is 5.41 Å². The second kappa shape index (κ2) is 11.3. The van der Waals surface area contributed by atoms with E-state index in [4.69, 9.17) is 14.7 Å². The van der Waals surface area contributed by atoms with Crippen molar-refractivity contribution in [3.8, 4) is 51.5 Å². The van der Waals surface area contributed by atoms with Crippen molar-refractivity contribution in [3.63, 3.8) is 0 Å². The van der Waals surface area contributed by atoms with Crippen LogP contribution in [-0.4, -0.2) is 9.97 Å². The van der Waals surface area contributed by atoms with Gasteiger partial charge < -0.3 is 4.74 Å². The minimum Gasteiger partial charge on any atom is -0.457 e. The molecule has 0 N–H and O–H groups in total. The minimum absolute atomic E-state index is 0.592. The monoisotopic (exact) mass is 589 g/mol. The van der Waals surface area contributed by atoms with E-state index in [2.05, 4.69) is 109 Å². The molecule has 216 valence electrons. The van der Waals surface area contributed by atoms with Crippen LogP contribution in [0.4, 0.5) is 0 Å². The molecule has 0 saturated carbocycles. The Morgan fingerprint density at radius 2 is 1.00 bits per heavy atom. The molecule has 0 bridgehead atoms. The Balaban J connectivity index is 1.35. The number of nitrogens with zero attached hydrogens (tertiary/aromatic N) is 3. The fourth-order valence-corrected chi connectivity index (χ4v) is 6.55. The van der Waals surface area contributed by atoms with Gasteiger partial charge in [0.25, 0.3) is 0 Å². The van der Waals surface area contributed by atoms with Gasteiger partial charge in [-0.15, -0.1) is 0 Å². The first-order valence-electron chi connectivity index (χ1n) is 15.2. The summed E-state index contributed by atoms with van der Waals surface area (Å²) < 4.78 is 6.71. The normalized spacial score (nSPS) is 12.7. The molecule has 0 saturated heterocycles. The lowest BCUT2D eigenvalue weighted by atomic mass is 9.63. The molecule has 46 heavy (non-hydrogen) atoms. The van der Waals surface area contributed by atoms with Crippen LogP contribution in [0.15, 0.2) is 164 Å². The molecule has 2 heterocycles. The predicted molar refractivity (Wildman–Crippen MR) is 181 cm³/mol. The van der Waals surface area contributed by atoms with Gasteiger partial charge in [0.1, 0.15) is 11.5 Å². The summed E-state index contributed by atoms with van der Waals surface area (Å²) in [6, 6.07) is 57.7. The van der Waals surface area contributed by atoms with Crippen molar-refractivity contribution in [1.82, 2.24) is 9.97 Å². The standard InChI is InChI=1S/C42H27N3O/c43-28-29-20-22-31(23-21-29)38-27-37(30-12-4-1-5-13-30)44-41(45-38)32-24-25-36-40(26-32)46-39-19-11-10-18-35(39)42(36,33-14-6-2-7-15-33)34-16-8-3-9-17-34/h1-27H. The van der Waals surface area contributed by atoms with Gasteiger partial charge in [0.2, 0.25) is 0 Å². The van der Waals surface area contributed by atoms with E-state index in [1.165, 1.54) is 0 Å². The first-order valence-corrected chi connectivity index (χ1v) is 15.2. The van der Waals surface area contributed by atoms with Gasteiger partial charge in [0, 0.05) is 27.8 Å². The van der Waals surface area contributed by atoms with Crippen LogP contribution >= 0.6 is 0 Å². The van der Waals surface area contributed by atoms with Crippen LogP contribution in [0.2, 0.25) is 0 Å². The molecule has 1 aliphatic heterocycles. The molecule has 0 atom stereocenters. The third-order valence-corrected chi connectivity index (χ3v) is 8.67. The summed E-state index contributed by atoms with van der Waals surface area (Å²) in [4.78, 5) is 10.1. The lowest BCUT2D eigenvalue weighted by Gasteiger charge is -2.41. The van der Waals surface area contributed by atoms with Gasteiger partial charge in [-0.05, 0) is 41.5 Å². The highest BCUT2D eigenvalue weighted by Crippen LogP contribution is 2.55. The van der Waals surface area contributed by atoms with Gasteiger partial charge in [-0.3, -0.25) is 0 Å². The number of aromatic nitrogens is 2. The molecule has 7 aromatic rings. The second-order valence-corrected chi connectivity index (χ2v) is 11.3. The number of benzene rings is 6. The summed E-state index contributed by atoms with van der Waals surface area (Å²) >= 11 is 0. The maximum absolute atomic E-state index is 9.34. The fraction of sp³-hybridized carbons (Fsp3) is 0.0238. The molecular formula is C42H27N3O. The number of fused-ring (bicyclic) bond motifs is 2. The molecular weight excluding hydrogens is 562 g/mol. The number of rotatable bonds is 5. The molecule has 0 fully saturated rings. The van der Waals surface area contributed by atoms with Crippen LogP contribution in [0.25, 0.3) is 33.9 Å². The summed E-state index contributed by atoms with van der Waals surface area (Å²) in [6.07, 6.45) is 0. The zero-order valence-corrected chi connectivity index (χ0v) is 24.8. The van der Waals surface area contributed by atoms with E-state index in [0.717, 1.165) is 61.8 Å². The predicted octanol–water partition coefficient (Wildman–Crippen LogP) is 9.84. The van der Waals surface area contributed by atoms with Crippen LogP contribution in [0.5, 0.6) is 11.5 Å². The quantitative estimate of drug-likeness (QED) is 0.200. The van der Waals surface area contributed by atoms with Crippen LogP contribution in [0.1, 0.15) is 27.8 Å². The van der Waals surface area contributed by atoms with Crippen molar-refractivity contribution < 1.29 is 4.74 Å². The molecule has 0 radical (unpaired) electrons. The van der Waals surface area contributed by atoms with Crippen LogP contribution < -0.4 is 4.74 Å². The highest BCUT2D eigenvalue weighted by molar-refractivity contribution is 5.75. The summed E-state index contributed by atoms with van der Waals surface area (Å²) in [5.74, 6) is 2.17. The molecule has 0 aliphatic carbocycles. The molecule has 4 heteroatoms. The number of hydrogen-bond acceptors (Lipinski definition) is 4. The Labute approximate surface area is 267 Å². The molecule has 0 amide bonds. The largest absolute Gasteiger partial charge is 0.457 e. The van der Waals surface area contributed by atoms with Gasteiger partial charge in [-0.2, -0.15) is 5.26 Å². The van der Waals surface area contributed by atoms with E-state index in [1.807, 2.05) is 60.7 Å². The topological polar surface area (TPSA) is 58.8 Å². The van der Waals surface area contributed by atoms with Gasteiger partial charge in [0.05, 0.1) is 28.4 Å². The van der Waals surface area contributed by atoms with E-state index in [9.17, 15) is 5.26 Å². The average Bonchev–Trinajstić information content (AvgIpc) is 3.14. The van der Waals surface area contributed by atoms with Crippen molar-refractivity contribution in [3.05, 3.63) is 192 Å². The van der Waals surface area contributed by atoms with Crippen LogP contribution in [0, 0.1) is 11.3 Å². The highest BCUT2D eigenvalue weighted by Gasteiger charge is 2.45. The maximum atomic E-state index is 9.34. The zero-order valence-electron chi connectivity index (χ0n) is 24.8. The first kappa shape index (κ1) is 27.3. The Morgan fingerprint density at radius 3 is 1.63 bits per heavy atom. The molecule has 8 rings (SSSR count). The second-order valence-electron chi connectivity index (χ2n) is 11.3. The summed E-state index contributed by atoms with van der Waals surface area (Å²) in [5, 5.41) is 9.34. The number of hydrogen-bond donors (Lipinski definition) is 0. The van der Waals surface area contributed by atoms with Crippen LogP contribution in [-0.2, 0) is 5.41 Å². The summed E-state index contributed by atoms with van der Waals surface area (Å²) in [7, 11) is 0. The number of ether oxygens (including phenoxy) is 1. The number of para-hydroxylation sites is 1. The van der Waals surface area contributed by atoms with E-state index in [-0.39, 0.29) is 0 Å². The van der Waals surface area contributed by atoms with E-state index in [1.54, 1.807) is 0 Å². The van der Waals surface area contributed by atoms with Crippen LogP contribution in [0.3, 0.4) is 0 Å². The molecule has 0 spiro atoms. The summed E-state index contributed by atoms with van der Waals surface area (Å²) in [6.45, 7) is 0. The molecule has 4 nitrogen and oxygen atoms in total. The van der Waals surface area contributed by atoms with E-state index >= 15 is 0 Å². The van der Waals surface area contributed by atoms with Gasteiger partial charge in [-0.1, -0.05) is 133 Å². The van der Waals surface area contributed by atoms with Gasteiger partial charge in [0.15, 0.2) is 5.82 Å². The lowest BCUT2D eigenvalue weighted by Crippen LogP contribution is -2.34. The smallest absolute Gasteiger partial charge is 0.160 e. The lowest BCUT2D eigenvalue weighted by molar-refractivity contribution is 0.434. The third-order valence-electron chi connectivity index (χ3n) is 8.67. The zero-order chi connectivity index (χ0) is 30.9. The molecule has 1 aromatic heterocycles. The third kappa shape index (κ3) is 4.54. The first-order chi connectivity index (χ1) is 22.7.